The normalized spacial score (nSPS) is 11.6. The second kappa shape index (κ2) is 10.2. The summed E-state index contributed by atoms with van der Waals surface area (Å²) in [4.78, 5) is 17.0. The predicted molar refractivity (Wildman–Crippen MR) is 143 cm³/mol. The van der Waals surface area contributed by atoms with E-state index >= 15 is 0 Å². The molecule has 0 aliphatic carbocycles. The highest BCUT2D eigenvalue weighted by Gasteiger charge is 2.29. The lowest BCUT2D eigenvalue weighted by molar-refractivity contribution is 0.0599. The number of sulfonamides is 1. The Morgan fingerprint density at radius 3 is 2.55 bits per heavy atom. The molecule has 0 saturated heterocycles. The number of esters is 1. The van der Waals surface area contributed by atoms with Gasteiger partial charge in [-0.25, -0.2) is 18.2 Å². The molecule has 5 rings (SSSR count). The standard InChI is InChI=1S/C29H26N2O6S/c1-4-20-10-12-24(17-25(20)29(32)35-3)38(33,34)31(23-11-13-27-22(16-23)14-15-36-27)18-26-19(2)37-28(30-26)21-8-6-5-7-9-21/h5-17H,4,18H2,1-3H3. The molecule has 9 heteroatoms. The molecular formula is C29H26N2O6S. The maximum absolute atomic E-state index is 14.2. The van der Waals surface area contributed by atoms with Crippen LogP contribution in [0.2, 0.25) is 0 Å². The maximum atomic E-state index is 14.2. The summed E-state index contributed by atoms with van der Waals surface area (Å²) in [5.41, 5.74) is 3.22. The molecule has 0 amide bonds. The van der Waals surface area contributed by atoms with Gasteiger partial charge in [-0.3, -0.25) is 4.31 Å². The molecule has 2 aromatic heterocycles. The Hall–Kier alpha value is -4.37. The van der Waals surface area contributed by atoms with Crippen molar-refractivity contribution in [3.63, 3.8) is 0 Å². The van der Waals surface area contributed by atoms with Crippen LogP contribution in [0.25, 0.3) is 22.4 Å². The molecule has 0 atom stereocenters. The number of carbonyl (C=O) groups is 1. The fraction of sp³-hybridized carbons (Fsp3) is 0.172. The van der Waals surface area contributed by atoms with Gasteiger partial charge < -0.3 is 13.6 Å². The Balaban J connectivity index is 1.62. The van der Waals surface area contributed by atoms with Crippen molar-refractivity contribution < 1.29 is 26.8 Å². The molecule has 0 radical (unpaired) electrons. The number of rotatable bonds is 8. The minimum absolute atomic E-state index is 0.0354. The van der Waals surface area contributed by atoms with Crippen LogP contribution < -0.4 is 4.31 Å². The summed E-state index contributed by atoms with van der Waals surface area (Å²) in [6.07, 6.45) is 2.10. The highest BCUT2D eigenvalue weighted by Crippen LogP contribution is 2.32. The molecule has 0 aliphatic rings. The molecule has 194 valence electrons. The topological polar surface area (TPSA) is 103 Å². The summed E-state index contributed by atoms with van der Waals surface area (Å²) in [7, 11) is -2.88. The summed E-state index contributed by atoms with van der Waals surface area (Å²) >= 11 is 0. The van der Waals surface area contributed by atoms with E-state index in [1.807, 2.05) is 37.3 Å². The zero-order chi connectivity index (χ0) is 26.9. The maximum Gasteiger partial charge on any atom is 0.338 e. The highest BCUT2D eigenvalue weighted by atomic mass is 32.2. The van der Waals surface area contributed by atoms with E-state index in [0.29, 0.717) is 40.6 Å². The third-order valence-electron chi connectivity index (χ3n) is 6.39. The molecule has 5 aromatic rings. The molecule has 0 fully saturated rings. The second-order valence-electron chi connectivity index (χ2n) is 8.71. The van der Waals surface area contributed by atoms with E-state index in [-0.39, 0.29) is 17.0 Å². The van der Waals surface area contributed by atoms with E-state index < -0.39 is 16.0 Å². The van der Waals surface area contributed by atoms with Crippen LogP contribution >= 0.6 is 0 Å². The number of furan rings is 1. The van der Waals surface area contributed by atoms with Crippen molar-refractivity contribution in [3.05, 3.63) is 102 Å². The van der Waals surface area contributed by atoms with Gasteiger partial charge in [0.05, 0.1) is 36.1 Å². The van der Waals surface area contributed by atoms with Gasteiger partial charge in [-0.05, 0) is 67.4 Å². The summed E-state index contributed by atoms with van der Waals surface area (Å²) in [6, 6.07) is 20.8. The SMILES string of the molecule is CCc1ccc(S(=O)(=O)N(Cc2nc(-c3ccccc3)oc2C)c2ccc3occc3c2)cc1C(=O)OC. The lowest BCUT2D eigenvalue weighted by atomic mass is 10.1. The van der Waals surface area contributed by atoms with Crippen LogP contribution in [0.3, 0.4) is 0 Å². The molecule has 0 N–H and O–H groups in total. The van der Waals surface area contributed by atoms with Crippen molar-refractivity contribution in [3.8, 4) is 11.5 Å². The number of nitrogens with zero attached hydrogens (tertiary/aromatic N) is 2. The fourth-order valence-corrected chi connectivity index (χ4v) is 5.74. The first kappa shape index (κ1) is 25.3. The number of aromatic nitrogens is 1. The quantitative estimate of drug-likeness (QED) is 0.222. The third kappa shape index (κ3) is 4.68. The number of methoxy groups -OCH3 is 1. The number of ether oxygens (including phenoxy) is 1. The zero-order valence-corrected chi connectivity index (χ0v) is 22.0. The summed E-state index contributed by atoms with van der Waals surface area (Å²) in [6.45, 7) is 3.56. The van der Waals surface area contributed by atoms with Crippen molar-refractivity contribution in [2.45, 2.75) is 31.7 Å². The van der Waals surface area contributed by atoms with Crippen LogP contribution in [0.5, 0.6) is 0 Å². The van der Waals surface area contributed by atoms with Gasteiger partial charge in [-0.1, -0.05) is 31.2 Å². The Kier molecular flexibility index (Phi) is 6.77. The molecule has 0 aliphatic heterocycles. The average molecular weight is 531 g/mol. The van der Waals surface area contributed by atoms with E-state index in [9.17, 15) is 13.2 Å². The molecule has 0 saturated carbocycles. The van der Waals surface area contributed by atoms with Crippen LogP contribution in [0, 0.1) is 6.92 Å². The first-order valence-corrected chi connectivity index (χ1v) is 13.5. The molecule has 3 aromatic carbocycles. The molecule has 38 heavy (non-hydrogen) atoms. The smallest absolute Gasteiger partial charge is 0.338 e. The zero-order valence-electron chi connectivity index (χ0n) is 21.2. The van der Waals surface area contributed by atoms with Gasteiger partial charge in [0.2, 0.25) is 5.89 Å². The van der Waals surface area contributed by atoms with Crippen molar-refractivity contribution in [1.82, 2.24) is 4.98 Å². The van der Waals surface area contributed by atoms with Crippen LogP contribution in [0.15, 0.2) is 92.8 Å². The van der Waals surface area contributed by atoms with Crippen molar-refractivity contribution in [2.24, 2.45) is 0 Å². The molecular weight excluding hydrogens is 504 g/mol. The fourth-order valence-electron chi connectivity index (χ4n) is 4.29. The molecule has 0 bridgehead atoms. The molecule has 8 nitrogen and oxygen atoms in total. The lowest BCUT2D eigenvalue weighted by Gasteiger charge is -2.24. The van der Waals surface area contributed by atoms with Gasteiger partial charge in [0.1, 0.15) is 17.0 Å². The van der Waals surface area contributed by atoms with Gasteiger partial charge in [0.25, 0.3) is 10.0 Å². The van der Waals surface area contributed by atoms with E-state index in [1.165, 1.54) is 23.5 Å². The van der Waals surface area contributed by atoms with Crippen molar-refractivity contribution in [1.29, 1.82) is 0 Å². The monoisotopic (exact) mass is 530 g/mol. The van der Waals surface area contributed by atoms with Gasteiger partial charge in [-0.15, -0.1) is 0 Å². The van der Waals surface area contributed by atoms with E-state index in [4.69, 9.17) is 13.6 Å². The Morgan fingerprint density at radius 1 is 1.03 bits per heavy atom. The number of fused-ring (bicyclic) bond motifs is 1. The van der Waals surface area contributed by atoms with Crippen molar-refractivity contribution >= 4 is 32.6 Å². The van der Waals surface area contributed by atoms with Gasteiger partial charge in [0.15, 0.2) is 0 Å². The predicted octanol–water partition coefficient (Wildman–Crippen LogP) is 6.14. The minimum Gasteiger partial charge on any atom is -0.465 e. The number of carbonyl (C=O) groups excluding carboxylic acids is 1. The van der Waals surface area contributed by atoms with Crippen LogP contribution in [-0.4, -0.2) is 26.5 Å². The molecule has 0 spiro atoms. The van der Waals surface area contributed by atoms with Gasteiger partial charge in [0, 0.05) is 10.9 Å². The summed E-state index contributed by atoms with van der Waals surface area (Å²) < 4.78 is 45.8. The van der Waals surface area contributed by atoms with E-state index in [1.54, 1.807) is 43.5 Å². The van der Waals surface area contributed by atoms with Crippen LogP contribution in [0.4, 0.5) is 5.69 Å². The number of anilines is 1. The van der Waals surface area contributed by atoms with E-state index in [2.05, 4.69) is 4.98 Å². The number of aryl methyl sites for hydroxylation is 2. The van der Waals surface area contributed by atoms with Crippen LogP contribution in [0.1, 0.15) is 34.3 Å². The van der Waals surface area contributed by atoms with Gasteiger partial charge in [-0.2, -0.15) is 0 Å². The highest BCUT2D eigenvalue weighted by molar-refractivity contribution is 7.92. The second-order valence-corrected chi connectivity index (χ2v) is 10.6. The van der Waals surface area contributed by atoms with E-state index in [0.717, 1.165) is 10.9 Å². The first-order valence-electron chi connectivity index (χ1n) is 12.0. The first-order chi connectivity index (χ1) is 18.3. The Labute approximate surface area is 220 Å². The largest absolute Gasteiger partial charge is 0.465 e. The molecule has 2 heterocycles. The third-order valence-corrected chi connectivity index (χ3v) is 8.16. The number of benzene rings is 3. The average Bonchev–Trinajstić information content (AvgIpc) is 3.57. The number of hydrogen-bond donors (Lipinski definition) is 0. The Bertz CT molecular complexity index is 1720. The molecule has 0 unspecified atom stereocenters. The number of oxazole rings is 1. The lowest BCUT2D eigenvalue weighted by Crippen LogP contribution is -2.31. The van der Waals surface area contributed by atoms with Gasteiger partial charge >= 0.3 is 5.97 Å². The summed E-state index contributed by atoms with van der Waals surface area (Å²) in [5.74, 6) is 0.316. The minimum atomic E-state index is -4.15. The number of hydrogen-bond acceptors (Lipinski definition) is 7. The van der Waals surface area contributed by atoms with Crippen molar-refractivity contribution in [2.75, 3.05) is 11.4 Å². The Morgan fingerprint density at radius 2 is 1.82 bits per heavy atom. The summed E-state index contributed by atoms with van der Waals surface area (Å²) in [5, 5.41) is 0.751. The van der Waals surface area contributed by atoms with Crippen LogP contribution in [-0.2, 0) is 27.7 Å².